The number of hydrogen-bond acceptors (Lipinski definition) is 5. The number of carbonyl (C=O) groups is 2. The first-order chi connectivity index (χ1) is 13.9. The minimum Gasteiger partial charge on any atom is -0.497 e. The zero-order valence-corrected chi connectivity index (χ0v) is 17.4. The molecule has 0 heterocycles. The third-order valence-electron chi connectivity index (χ3n) is 5.06. The summed E-state index contributed by atoms with van der Waals surface area (Å²) in [5.74, 6) is -0.00162. The van der Waals surface area contributed by atoms with Crippen LogP contribution in [0.1, 0.15) is 31.4 Å². The van der Waals surface area contributed by atoms with E-state index in [0.29, 0.717) is 13.0 Å². The van der Waals surface area contributed by atoms with Crippen molar-refractivity contribution in [2.75, 3.05) is 7.11 Å². The van der Waals surface area contributed by atoms with Crippen molar-refractivity contribution in [2.45, 2.75) is 45.3 Å². The Balaban J connectivity index is 1.94. The van der Waals surface area contributed by atoms with Crippen molar-refractivity contribution in [3.05, 3.63) is 65.7 Å². The number of ether oxygens (including phenoxy) is 1. The van der Waals surface area contributed by atoms with E-state index < -0.39 is 18.0 Å². The zero-order chi connectivity index (χ0) is 21.2. The molecule has 0 saturated heterocycles. The molecule has 0 aliphatic rings. The van der Waals surface area contributed by atoms with Gasteiger partial charge >= 0.3 is 0 Å². The van der Waals surface area contributed by atoms with Crippen LogP contribution < -0.4 is 21.1 Å². The van der Waals surface area contributed by atoms with E-state index in [0.717, 1.165) is 23.3 Å². The predicted octanol–water partition coefficient (Wildman–Crippen LogP) is 2.41. The highest BCUT2D eigenvalue weighted by Gasteiger charge is 2.26. The minimum atomic E-state index is -0.806. The molecular weight excluding hydrogens is 366 g/mol. The van der Waals surface area contributed by atoms with Crippen LogP contribution in [0.5, 0.6) is 5.75 Å². The topological polar surface area (TPSA) is 93.5 Å². The highest BCUT2D eigenvalue weighted by Crippen LogP contribution is 2.13. The average molecular weight is 398 g/mol. The van der Waals surface area contributed by atoms with Crippen LogP contribution in [0, 0.1) is 5.92 Å². The summed E-state index contributed by atoms with van der Waals surface area (Å²) in [6.45, 7) is 4.56. The molecule has 6 nitrogen and oxygen atoms in total. The second-order valence-corrected chi connectivity index (χ2v) is 7.24. The Morgan fingerprint density at radius 2 is 1.66 bits per heavy atom. The fourth-order valence-corrected chi connectivity index (χ4v) is 3.01. The molecule has 3 atom stereocenters. The molecule has 0 radical (unpaired) electrons. The van der Waals surface area contributed by atoms with Crippen molar-refractivity contribution in [1.82, 2.24) is 10.6 Å². The molecule has 156 valence electrons. The first-order valence-corrected chi connectivity index (χ1v) is 9.95. The van der Waals surface area contributed by atoms with Crippen LogP contribution in [0.3, 0.4) is 0 Å². The van der Waals surface area contributed by atoms with Gasteiger partial charge in [-0.25, -0.2) is 0 Å². The second kappa shape index (κ2) is 11.3. The Morgan fingerprint density at radius 3 is 2.24 bits per heavy atom. The molecule has 2 amide bonds. The van der Waals surface area contributed by atoms with E-state index in [1.54, 1.807) is 7.11 Å². The van der Waals surface area contributed by atoms with Crippen LogP contribution in [0.15, 0.2) is 54.6 Å². The van der Waals surface area contributed by atoms with Gasteiger partial charge in [0, 0.05) is 6.54 Å². The zero-order valence-electron chi connectivity index (χ0n) is 17.4. The molecule has 0 aromatic heterocycles. The van der Waals surface area contributed by atoms with Crippen molar-refractivity contribution in [3.8, 4) is 5.75 Å². The summed E-state index contributed by atoms with van der Waals surface area (Å²) in [5, 5.41) is 5.76. The lowest BCUT2D eigenvalue weighted by molar-refractivity contribution is -0.133. The van der Waals surface area contributed by atoms with Gasteiger partial charge in [-0.3, -0.25) is 14.9 Å². The summed E-state index contributed by atoms with van der Waals surface area (Å²) < 4.78 is 5.13. The molecule has 0 fully saturated rings. The fourth-order valence-electron chi connectivity index (χ4n) is 3.01. The van der Waals surface area contributed by atoms with Gasteiger partial charge < -0.3 is 15.8 Å². The number of carbonyl (C=O) groups excluding carboxylic acids is 2. The Kier molecular flexibility index (Phi) is 8.83. The van der Waals surface area contributed by atoms with Gasteiger partial charge in [0.15, 0.2) is 0 Å². The third kappa shape index (κ3) is 7.00. The fraction of sp³-hybridized carbons (Fsp3) is 0.391. The van der Waals surface area contributed by atoms with Crippen LogP contribution in [0.2, 0.25) is 0 Å². The number of imide groups is 1. The van der Waals surface area contributed by atoms with Gasteiger partial charge in [0.1, 0.15) is 5.75 Å². The van der Waals surface area contributed by atoms with E-state index in [1.807, 2.05) is 68.4 Å². The maximum Gasteiger partial charge on any atom is 0.244 e. The van der Waals surface area contributed by atoms with Gasteiger partial charge in [0.05, 0.1) is 19.2 Å². The second-order valence-electron chi connectivity index (χ2n) is 7.24. The van der Waals surface area contributed by atoms with E-state index >= 15 is 0 Å². The predicted molar refractivity (Wildman–Crippen MR) is 114 cm³/mol. The first kappa shape index (κ1) is 22.6. The number of methoxy groups -OCH3 is 1. The number of rotatable bonds is 10. The third-order valence-corrected chi connectivity index (χ3v) is 5.06. The summed E-state index contributed by atoms with van der Waals surface area (Å²) in [6.07, 6.45) is 1.15. The van der Waals surface area contributed by atoms with E-state index in [-0.39, 0.29) is 11.8 Å². The van der Waals surface area contributed by atoms with E-state index in [2.05, 4.69) is 10.6 Å². The largest absolute Gasteiger partial charge is 0.497 e. The molecule has 2 aromatic carbocycles. The molecule has 0 spiro atoms. The van der Waals surface area contributed by atoms with E-state index in [9.17, 15) is 9.59 Å². The highest BCUT2D eigenvalue weighted by atomic mass is 16.5. The van der Waals surface area contributed by atoms with Crippen molar-refractivity contribution < 1.29 is 14.3 Å². The van der Waals surface area contributed by atoms with Crippen LogP contribution >= 0.6 is 0 Å². The van der Waals surface area contributed by atoms with Gasteiger partial charge in [-0.05, 0) is 35.6 Å². The Morgan fingerprint density at radius 1 is 1.00 bits per heavy atom. The highest BCUT2D eigenvalue weighted by molar-refractivity contribution is 6.00. The summed E-state index contributed by atoms with van der Waals surface area (Å²) >= 11 is 0. The summed E-state index contributed by atoms with van der Waals surface area (Å²) in [4.78, 5) is 25.2. The van der Waals surface area contributed by atoms with Gasteiger partial charge in [-0.15, -0.1) is 0 Å². The summed E-state index contributed by atoms with van der Waals surface area (Å²) in [7, 11) is 1.60. The molecule has 29 heavy (non-hydrogen) atoms. The lowest BCUT2D eigenvalue weighted by Crippen LogP contribution is -2.53. The van der Waals surface area contributed by atoms with Crippen LogP contribution in [0.4, 0.5) is 0 Å². The SMILES string of the molecule is CC[C@H](C)[C@H](NCc1ccccc1)C(=O)NC(=O)[C@@H](N)Cc1ccc(OC)cc1. The normalized spacial score (nSPS) is 13.9. The molecule has 6 heteroatoms. The molecule has 0 saturated carbocycles. The molecular formula is C23H31N3O3. The Bertz CT molecular complexity index is 778. The monoisotopic (exact) mass is 397 g/mol. The van der Waals surface area contributed by atoms with Crippen LogP contribution in [-0.4, -0.2) is 31.0 Å². The van der Waals surface area contributed by atoms with E-state index in [4.69, 9.17) is 10.5 Å². The Labute approximate surface area is 172 Å². The Hall–Kier alpha value is -2.70. The molecule has 4 N–H and O–H groups in total. The van der Waals surface area contributed by atoms with Gasteiger partial charge in [0.25, 0.3) is 0 Å². The van der Waals surface area contributed by atoms with Gasteiger partial charge in [0.2, 0.25) is 11.8 Å². The van der Waals surface area contributed by atoms with E-state index in [1.165, 1.54) is 0 Å². The van der Waals surface area contributed by atoms with Crippen molar-refractivity contribution in [1.29, 1.82) is 0 Å². The number of nitrogens with two attached hydrogens (primary N) is 1. The smallest absolute Gasteiger partial charge is 0.244 e. The summed E-state index contributed by atoms with van der Waals surface area (Å²) in [5.41, 5.74) is 8.01. The molecule has 0 bridgehead atoms. The quantitative estimate of drug-likeness (QED) is 0.572. The van der Waals surface area contributed by atoms with Gasteiger partial charge in [-0.1, -0.05) is 62.7 Å². The number of nitrogens with one attached hydrogen (secondary N) is 2. The minimum absolute atomic E-state index is 0.0734. The first-order valence-electron chi connectivity index (χ1n) is 9.95. The maximum atomic E-state index is 12.7. The molecule has 0 aliphatic carbocycles. The van der Waals surface area contributed by atoms with Crippen LogP contribution in [0.25, 0.3) is 0 Å². The molecule has 0 unspecified atom stereocenters. The average Bonchev–Trinajstić information content (AvgIpc) is 2.74. The number of benzene rings is 2. The lowest BCUT2D eigenvalue weighted by Gasteiger charge is -2.24. The van der Waals surface area contributed by atoms with Crippen molar-refractivity contribution in [2.24, 2.45) is 11.7 Å². The summed E-state index contributed by atoms with van der Waals surface area (Å²) in [6, 6.07) is 15.9. The molecule has 2 aromatic rings. The number of hydrogen-bond donors (Lipinski definition) is 3. The van der Waals surface area contributed by atoms with Crippen molar-refractivity contribution in [3.63, 3.8) is 0 Å². The number of amides is 2. The molecule has 0 aliphatic heterocycles. The standard InChI is InChI=1S/C23H31N3O3/c1-4-16(2)21(25-15-18-8-6-5-7-9-18)23(28)26-22(27)20(24)14-17-10-12-19(29-3)13-11-17/h5-13,16,20-21,25H,4,14-15,24H2,1-3H3,(H,26,27,28)/t16-,20-,21-/m0/s1. The van der Waals surface area contributed by atoms with Gasteiger partial charge in [-0.2, -0.15) is 0 Å². The van der Waals surface area contributed by atoms with Crippen molar-refractivity contribution >= 4 is 11.8 Å². The lowest BCUT2D eigenvalue weighted by atomic mass is 9.97. The molecule has 2 rings (SSSR count). The van der Waals surface area contributed by atoms with Crippen LogP contribution in [-0.2, 0) is 22.6 Å². The maximum absolute atomic E-state index is 12.7.